The number of hydrogen-bond acceptors (Lipinski definition) is 4. The van der Waals surface area contributed by atoms with Gasteiger partial charge in [-0.1, -0.05) is 6.07 Å². The number of aromatic nitrogens is 1. The largest absolute Gasteiger partial charge is 0.481 e. The van der Waals surface area contributed by atoms with E-state index in [1.807, 2.05) is 11.5 Å². The van der Waals surface area contributed by atoms with E-state index in [9.17, 15) is 0 Å². The van der Waals surface area contributed by atoms with E-state index in [4.69, 9.17) is 9.94 Å². The fraction of sp³-hybridized carbons (Fsp3) is 0.286. The van der Waals surface area contributed by atoms with Gasteiger partial charge in [0, 0.05) is 11.8 Å². The van der Waals surface area contributed by atoms with Crippen LogP contribution in [0.2, 0.25) is 0 Å². The number of hydroxylamine groups is 1. The van der Waals surface area contributed by atoms with Crippen molar-refractivity contribution in [1.29, 1.82) is 0 Å². The van der Waals surface area contributed by atoms with E-state index >= 15 is 0 Å². The van der Waals surface area contributed by atoms with Crippen LogP contribution in [0, 0.1) is 0 Å². The average Bonchev–Trinajstić information content (AvgIpc) is 2.06. The minimum absolute atomic E-state index is 0.344. The quantitative estimate of drug-likeness (QED) is 0.625. The van der Waals surface area contributed by atoms with Crippen LogP contribution in [-0.4, -0.2) is 17.3 Å². The number of hydrogen-bond donors (Lipinski definition) is 2. The minimum atomic E-state index is 0.344. The fourth-order valence-electron chi connectivity index (χ4n) is 0.828. The van der Waals surface area contributed by atoms with Crippen LogP contribution in [0.1, 0.15) is 5.56 Å². The molecular formula is C7H10N2O2. The first-order chi connectivity index (χ1) is 5.38. The van der Waals surface area contributed by atoms with Gasteiger partial charge in [0.05, 0.1) is 13.7 Å². The topological polar surface area (TPSA) is 54.4 Å². The van der Waals surface area contributed by atoms with E-state index < -0.39 is 0 Å². The summed E-state index contributed by atoms with van der Waals surface area (Å²) in [5.41, 5.74) is 2.87. The highest BCUT2D eigenvalue weighted by molar-refractivity contribution is 5.24. The molecule has 0 atom stereocenters. The third-order valence-electron chi connectivity index (χ3n) is 1.31. The summed E-state index contributed by atoms with van der Waals surface area (Å²) >= 11 is 0. The zero-order chi connectivity index (χ0) is 8.10. The number of nitrogens with zero attached hydrogens (tertiary/aromatic N) is 1. The summed E-state index contributed by atoms with van der Waals surface area (Å²) in [7, 11) is 1.54. The molecule has 1 heterocycles. The molecular weight excluding hydrogens is 144 g/mol. The molecule has 60 valence electrons. The summed E-state index contributed by atoms with van der Waals surface area (Å²) in [6, 6.07) is 3.62. The van der Waals surface area contributed by atoms with Gasteiger partial charge in [0.15, 0.2) is 0 Å². The van der Waals surface area contributed by atoms with Crippen molar-refractivity contribution in [2.45, 2.75) is 6.54 Å². The van der Waals surface area contributed by atoms with E-state index in [0.717, 1.165) is 5.56 Å². The second-order valence-corrected chi connectivity index (χ2v) is 2.01. The monoisotopic (exact) mass is 154 g/mol. The van der Waals surface area contributed by atoms with Gasteiger partial charge in [0.25, 0.3) is 0 Å². The van der Waals surface area contributed by atoms with Crippen molar-refractivity contribution in [1.82, 2.24) is 10.5 Å². The number of nitrogens with one attached hydrogen (secondary N) is 1. The summed E-state index contributed by atoms with van der Waals surface area (Å²) in [4.78, 5) is 3.94. The molecule has 0 spiro atoms. The van der Waals surface area contributed by atoms with Gasteiger partial charge >= 0.3 is 0 Å². The lowest BCUT2D eigenvalue weighted by Gasteiger charge is -2.04. The Bertz CT molecular complexity index is 227. The highest BCUT2D eigenvalue weighted by Crippen LogP contribution is 2.12. The Kier molecular flexibility index (Phi) is 2.83. The normalized spacial score (nSPS) is 9.64. The van der Waals surface area contributed by atoms with E-state index in [2.05, 4.69) is 4.98 Å². The van der Waals surface area contributed by atoms with Crippen LogP contribution < -0.4 is 10.2 Å². The standard InChI is InChI=1S/C7H10N2O2/c1-11-7-6(5-9-10)3-2-4-8-7/h2-4,9-10H,5H2,1H3. The highest BCUT2D eigenvalue weighted by Gasteiger charge is 2.00. The van der Waals surface area contributed by atoms with Gasteiger partial charge in [-0.05, 0) is 6.07 Å². The first-order valence-corrected chi connectivity index (χ1v) is 3.23. The molecule has 0 aromatic carbocycles. The molecule has 4 heteroatoms. The second kappa shape index (κ2) is 3.90. The van der Waals surface area contributed by atoms with Gasteiger partial charge in [-0.15, -0.1) is 0 Å². The Morgan fingerprint density at radius 2 is 2.55 bits per heavy atom. The lowest BCUT2D eigenvalue weighted by molar-refractivity contribution is 0.160. The molecule has 0 aliphatic rings. The third kappa shape index (κ3) is 1.89. The molecule has 0 radical (unpaired) electrons. The number of pyridine rings is 1. The van der Waals surface area contributed by atoms with Crippen LogP contribution in [0.4, 0.5) is 0 Å². The van der Waals surface area contributed by atoms with Gasteiger partial charge in [0.1, 0.15) is 0 Å². The van der Waals surface area contributed by atoms with Crippen LogP contribution in [0.5, 0.6) is 5.88 Å². The van der Waals surface area contributed by atoms with Crippen molar-refractivity contribution in [2.24, 2.45) is 0 Å². The molecule has 1 aromatic heterocycles. The predicted octanol–water partition coefficient (Wildman–Crippen LogP) is 0.569. The molecule has 4 nitrogen and oxygen atoms in total. The van der Waals surface area contributed by atoms with Crippen molar-refractivity contribution in [3.63, 3.8) is 0 Å². The van der Waals surface area contributed by atoms with Crippen molar-refractivity contribution < 1.29 is 9.94 Å². The summed E-state index contributed by atoms with van der Waals surface area (Å²) in [6.07, 6.45) is 1.64. The molecule has 11 heavy (non-hydrogen) atoms. The number of ether oxygens (including phenoxy) is 1. The molecule has 0 saturated heterocycles. The molecule has 1 rings (SSSR count). The van der Waals surface area contributed by atoms with Crippen LogP contribution in [0.25, 0.3) is 0 Å². The average molecular weight is 154 g/mol. The zero-order valence-electron chi connectivity index (χ0n) is 6.24. The minimum Gasteiger partial charge on any atom is -0.481 e. The molecule has 0 fully saturated rings. The Morgan fingerprint density at radius 3 is 3.18 bits per heavy atom. The van der Waals surface area contributed by atoms with Gasteiger partial charge in [0.2, 0.25) is 5.88 Å². The summed E-state index contributed by atoms with van der Waals surface area (Å²) in [5, 5.41) is 8.41. The van der Waals surface area contributed by atoms with Gasteiger partial charge in [-0.2, -0.15) is 0 Å². The first-order valence-electron chi connectivity index (χ1n) is 3.23. The highest BCUT2D eigenvalue weighted by atomic mass is 16.5. The maximum absolute atomic E-state index is 8.41. The third-order valence-corrected chi connectivity index (χ3v) is 1.31. The van der Waals surface area contributed by atoms with Gasteiger partial charge in [-0.3, -0.25) is 0 Å². The van der Waals surface area contributed by atoms with Gasteiger partial charge in [-0.25, -0.2) is 10.5 Å². The molecule has 1 aromatic rings. The Hall–Kier alpha value is -1.13. The Balaban J connectivity index is 2.83. The van der Waals surface area contributed by atoms with Crippen molar-refractivity contribution in [3.05, 3.63) is 23.9 Å². The summed E-state index contributed by atoms with van der Waals surface area (Å²) < 4.78 is 4.94. The number of methoxy groups -OCH3 is 1. The Morgan fingerprint density at radius 1 is 1.73 bits per heavy atom. The predicted molar refractivity (Wildman–Crippen MR) is 39.4 cm³/mol. The zero-order valence-corrected chi connectivity index (χ0v) is 6.24. The maximum Gasteiger partial charge on any atom is 0.217 e. The van der Waals surface area contributed by atoms with E-state index in [1.54, 1.807) is 19.4 Å². The molecule has 0 aliphatic heterocycles. The van der Waals surface area contributed by atoms with Gasteiger partial charge < -0.3 is 9.94 Å². The fourth-order valence-corrected chi connectivity index (χ4v) is 0.828. The van der Waals surface area contributed by atoms with Crippen LogP contribution >= 0.6 is 0 Å². The Labute approximate surface area is 64.8 Å². The molecule has 0 saturated carbocycles. The molecule has 0 unspecified atom stereocenters. The number of rotatable bonds is 3. The smallest absolute Gasteiger partial charge is 0.217 e. The van der Waals surface area contributed by atoms with Crippen molar-refractivity contribution in [2.75, 3.05) is 7.11 Å². The molecule has 0 aliphatic carbocycles. The molecule has 0 bridgehead atoms. The SMILES string of the molecule is COc1ncccc1CNO. The lowest BCUT2D eigenvalue weighted by atomic mass is 10.3. The van der Waals surface area contributed by atoms with E-state index in [-0.39, 0.29) is 0 Å². The van der Waals surface area contributed by atoms with Crippen LogP contribution in [-0.2, 0) is 6.54 Å². The summed E-state index contributed by atoms with van der Waals surface area (Å²) in [6.45, 7) is 0.344. The lowest BCUT2D eigenvalue weighted by Crippen LogP contribution is -2.07. The molecule has 2 N–H and O–H groups in total. The maximum atomic E-state index is 8.41. The first kappa shape index (κ1) is 7.97. The summed E-state index contributed by atoms with van der Waals surface area (Å²) in [5.74, 6) is 0.536. The van der Waals surface area contributed by atoms with Crippen molar-refractivity contribution in [3.8, 4) is 5.88 Å². The van der Waals surface area contributed by atoms with Crippen LogP contribution in [0.15, 0.2) is 18.3 Å². The second-order valence-electron chi connectivity index (χ2n) is 2.01. The van der Waals surface area contributed by atoms with E-state index in [0.29, 0.717) is 12.4 Å². The van der Waals surface area contributed by atoms with Crippen molar-refractivity contribution >= 4 is 0 Å². The molecule has 0 amide bonds. The van der Waals surface area contributed by atoms with E-state index in [1.165, 1.54) is 0 Å². The van der Waals surface area contributed by atoms with Crippen LogP contribution in [0.3, 0.4) is 0 Å².